The maximum Gasteiger partial charge on any atom is 0.268 e. The van der Waals surface area contributed by atoms with E-state index in [1.165, 1.54) is 17.5 Å². The number of nitrogens with zero attached hydrogens (tertiary/aromatic N) is 2. The highest BCUT2D eigenvalue weighted by Gasteiger charge is 2.19. The molecule has 0 aromatic carbocycles. The summed E-state index contributed by atoms with van der Waals surface area (Å²) in [6, 6.07) is 9.14. The number of amides is 1. The third kappa shape index (κ3) is 3.88. The summed E-state index contributed by atoms with van der Waals surface area (Å²) < 4.78 is 2.00. The van der Waals surface area contributed by atoms with E-state index in [9.17, 15) is 4.79 Å². The van der Waals surface area contributed by atoms with Gasteiger partial charge >= 0.3 is 0 Å². The Hall–Kier alpha value is -1.95. The van der Waals surface area contributed by atoms with Crippen LogP contribution in [0.2, 0.25) is 10.0 Å². The normalized spacial score (nSPS) is 10.5. The Balaban J connectivity index is 1.75. The van der Waals surface area contributed by atoms with Gasteiger partial charge in [-0.3, -0.25) is 4.79 Å². The quantitative estimate of drug-likeness (QED) is 0.710. The van der Waals surface area contributed by atoms with Gasteiger partial charge in [-0.1, -0.05) is 29.3 Å². The second-order valence-electron chi connectivity index (χ2n) is 4.77. The van der Waals surface area contributed by atoms with Crippen molar-refractivity contribution in [2.75, 3.05) is 5.32 Å². The molecular weight excluding hydrogens is 353 g/mol. The van der Waals surface area contributed by atoms with Gasteiger partial charge in [0.25, 0.3) is 5.91 Å². The fourth-order valence-electron chi connectivity index (χ4n) is 2.00. The Morgan fingerprint density at radius 2 is 2.00 bits per heavy atom. The smallest absolute Gasteiger partial charge is 0.268 e. The molecule has 116 valence electrons. The third-order valence-corrected chi connectivity index (χ3v) is 4.90. The van der Waals surface area contributed by atoms with E-state index in [1.807, 2.05) is 40.5 Å². The number of aromatic nitrogens is 2. The molecule has 0 fully saturated rings. The molecule has 0 unspecified atom stereocenters. The number of halogens is 2. The molecule has 7 heteroatoms. The lowest BCUT2D eigenvalue weighted by atomic mass is 10.3. The van der Waals surface area contributed by atoms with Gasteiger partial charge in [-0.2, -0.15) is 0 Å². The van der Waals surface area contributed by atoms with Crippen LogP contribution in [0.25, 0.3) is 0 Å². The van der Waals surface area contributed by atoms with Crippen LogP contribution in [-0.4, -0.2) is 10.9 Å². The van der Waals surface area contributed by atoms with E-state index in [1.54, 1.807) is 12.1 Å². The Kier molecular flexibility index (Phi) is 4.91. The molecule has 0 aliphatic carbocycles. The first-order valence-corrected chi connectivity index (χ1v) is 8.40. The number of thiophene rings is 1. The highest BCUT2D eigenvalue weighted by atomic mass is 35.5. The summed E-state index contributed by atoms with van der Waals surface area (Å²) in [5, 5.41) is 5.59. The minimum atomic E-state index is -0.279. The number of hydrogen-bond acceptors (Lipinski definition) is 3. The first kappa shape index (κ1) is 15.9. The molecule has 0 saturated heterocycles. The highest BCUT2D eigenvalue weighted by molar-refractivity contribution is 7.13. The zero-order valence-electron chi connectivity index (χ0n) is 11.9. The van der Waals surface area contributed by atoms with Crippen LogP contribution in [0.15, 0.2) is 54.3 Å². The van der Waals surface area contributed by atoms with Crippen LogP contribution in [0, 0.1) is 0 Å². The van der Waals surface area contributed by atoms with Gasteiger partial charge in [0, 0.05) is 29.3 Å². The predicted octanol–water partition coefficient (Wildman–Crippen LogP) is 4.04. The molecule has 0 bridgehead atoms. The molecular formula is C16H12Cl2N3OS+. The van der Waals surface area contributed by atoms with E-state index in [0.29, 0.717) is 27.3 Å². The lowest BCUT2D eigenvalue weighted by Crippen LogP contribution is -2.32. The molecule has 4 nitrogen and oxygen atoms in total. The minimum absolute atomic E-state index is 0.279. The van der Waals surface area contributed by atoms with Gasteiger partial charge in [0.05, 0.1) is 10.0 Å². The fraction of sp³-hybridized carbons (Fsp3) is 0.0625. The lowest BCUT2D eigenvalue weighted by molar-refractivity contribution is -0.688. The van der Waals surface area contributed by atoms with E-state index in [4.69, 9.17) is 23.2 Å². The SMILES string of the molecule is O=C(Nc1ccc(Cl)cn1)c1scc(C[n+]2ccccc2)c1Cl. The van der Waals surface area contributed by atoms with Crippen molar-refractivity contribution in [2.24, 2.45) is 0 Å². The molecule has 0 spiro atoms. The Labute approximate surface area is 147 Å². The van der Waals surface area contributed by atoms with Crippen LogP contribution in [0.3, 0.4) is 0 Å². The van der Waals surface area contributed by atoms with Crippen LogP contribution in [0.4, 0.5) is 5.82 Å². The molecule has 3 heterocycles. The second-order valence-corrected chi connectivity index (χ2v) is 6.46. The van der Waals surface area contributed by atoms with Crippen LogP contribution >= 0.6 is 34.5 Å². The summed E-state index contributed by atoms with van der Waals surface area (Å²) in [7, 11) is 0. The molecule has 23 heavy (non-hydrogen) atoms. The number of anilines is 1. The highest BCUT2D eigenvalue weighted by Crippen LogP contribution is 2.28. The molecule has 0 saturated carbocycles. The maximum atomic E-state index is 12.3. The van der Waals surface area contributed by atoms with Gasteiger partial charge in [0.2, 0.25) is 0 Å². The van der Waals surface area contributed by atoms with Crippen molar-refractivity contribution < 1.29 is 9.36 Å². The van der Waals surface area contributed by atoms with Gasteiger partial charge in [-0.25, -0.2) is 9.55 Å². The molecule has 1 amide bonds. The molecule has 1 N–H and O–H groups in total. The van der Waals surface area contributed by atoms with Crippen LogP contribution in [0.5, 0.6) is 0 Å². The summed E-state index contributed by atoms with van der Waals surface area (Å²) >= 11 is 13.4. The van der Waals surface area contributed by atoms with E-state index >= 15 is 0 Å². The average molecular weight is 365 g/mol. The van der Waals surface area contributed by atoms with Crippen molar-refractivity contribution in [3.8, 4) is 0 Å². The molecule has 3 aromatic rings. The van der Waals surface area contributed by atoms with Crippen molar-refractivity contribution in [2.45, 2.75) is 6.54 Å². The number of nitrogens with one attached hydrogen (secondary N) is 1. The van der Waals surface area contributed by atoms with Crippen molar-refractivity contribution in [3.63, 3.8) is 0 Å². The third-order valence-electron chi connectivity index (χ3n) is 3.11. The van der Waals surface area contributed by atoms with E-state index in [-0.39, 0.29) is 5.91 Å². The van der Waals surface area contributed by atoms with Crippen LogP contribution < -0.4 is 9.88 Å². The van der Waals surface area contributed by atoms with E-state index < -0.39 is 0 Å². The summed E-state index contributed by atoms with van der Waals surface area (Å²) in [5.74, 6) is 0.155. The standard InChI is InChI=1S/C16H11Cl2N3OS/c17-12-4-5-13(19-8-12)20-16(22)15-14(18)11(10-23-15)9-21-6-2-1-3-7-21/h1-8,10H,9H2/p+1. The van der Waals surface area contributed by atoms with Crippen molar-refractivity contribution in [1.29, 1.82) is 0 Å². The van der Waals surface area contributed by atoms with Crippen molar-refractivity contribution >= 4 is 46.3 Å². The lowest BCUT2D eigenvalue weighted by Gasteiger charge is -2.03. The van der Waals surface area contributed by atoms with Gasteiger partial charge in [0.15, 0.2) is 18.9 Å². The number of pyridine rings is 2. The van der Waals surface area contributed by atoms with Crippen LogP contribution in [-0.2, 0) is 6.54 Å². The Bertz CT molecular complexity index is 819. The fourth-order valence-corrected chi connectivity index (χ4v) is 3.35. The maximum absolute atomic E-state index is 12.3. The zero-order chi connectivity index (χ0) is 16.2. The van der Waals surface area contributed by atoms with Crippen LogP contribution in [0.1, 0.15) is 15.2 Å². The summed E-state index contributed by atoms with van der Waals surface area (Å²) in [4.78, 5) is 16.8. The Morgan fingerprint density at radius 1 is 1.22 bits per heavy atom. The zero-order valence-corrected chi connectivity index (χ0v) is 14.2. The monoisotopic (exact) mass is 364 g/mol. The summed E-state index contributed by atoms with van der Waals surface area (Å²) in [5.41, 5.74) is 0.905. The topological polar surface area (TPSA) is 45.9 Å². The second kappa shape index (κ2) is 7.08. The van der Waals surface area contributed by atoms with Gasteiger partial charge < -0.3 is 5.32 Å². The van der Waals surface area contributed by atoms with Crippen molar-refractivity contribution in [1.82, 2.24) is 4.98 Å². The number of carbonyl (C=O) groups is 1. The Morgan fingerprint density at radius 3 is 2.70 bits per heavy atom. The molecule has 3 rings (SSSR count). The molecule has 0 radical (unpaired) electrons. The first-order chi connectivity index (χ1) is 11.1. The summed E-state index contributed by atoms with van der Waals surface area (Å²) in [6.07, 6.45) is 5.38. The van der Waals surface area contributed by atoms with Gasteiger partial charge in [-0.15, -0.1) is 11.3 Å². The van der Waals surface area contributed by atoms with Gasteiger partial charge in [-0.05, 0) is 12.1 Å². The predicted molar refractivity (Wildman–Crippen MR) is 92.3 cm³/mol. The van der Waals surface area contributed by atoms with Crippen molar-refractivity contribution in [3.05, 3.63) is 74.8 Å². The number of rotatable bonds is 4. The number of hydrogen-bond donors (Lipinski definition) is 1. The van der Waals surface area contributed by atoms with Gasteiger partial charge in [0.1, 0.15) is 10.7 Å². The first-order valence-electron chi connectivity index (χ1n) is 6.76. The minimum Gasteiger partial charge on any atom is -0.306 e. The molecule has 3 aromatic heterocycles. The number of carbonyl (C=O) groups excluding carboxylic acids is 1. The largest absolute Gasteiger partial charge is 0.306 e. The molecule has 0 atom stereocenters. The van der Waals surface area contributed by atoms with E-state index in [2.05, 4.69) is 10.3 Å². The van der Waals surface area contributed by atoms with E-state index in [0.717, 1.165) is 5.56 Å². The molecule has 0 aliphatic heterocycles. The summed E-state index contributed by atoms with van der Waals surface area (Å²) in [6.45, 7) is 0.614. The average Bonchev–Trinajstić information content (AvgIpc) is 2.92. The molecule has 0 aliphatic rings.